The number of nitrogens with zero attached hydrogens (tertiary/aromatic N) is 1. The second kappa shape index (κ2) is 5.83. The molecule has 1 aromatic carbocycles. The minimum Gasteiger partial charge on any atom is -0.508 e. The monoisotopic (exact) mass is 277 g/mol. The lowest BCUT2D eigenvalue weighted by Crippen LogP contribution is -2.37. The molecule has 1 amide bonds. The van der Waals surface area contributed by atoms with Crippen LogP contribution in [-0.4, -0.2) is 33.7 Å². The summed E-state index contributed by atoms with van der Waals surface area (Å²) in [6.45, 7) is 1.92. The van der Waals surface area contributed by atoms with E-state index in [4.69, 9.17) is 0 Å². The van der Waals surface area contributed by atoms with Gasteiger partial charge in [-0.1, -0.05) is 25.0 Å². The van der Waals surface area contributed by atoms with Crippen LogP contribution < -0.4 is 0 Å². The molecule has 0 saturated heterocycles. The van der Waals surface area contributed by atoms with Crippen molar-refractivity contribution in [1.29, 1.82) is 0 Å². The van der Waals surface area contributed by atoms with Crippen molar-refractivity contribution in [3.05, 3.63) is 29.8 Å². The lowest BCUT2D eigenvalue weighted by molar-refractivity contribution is -0.136. The number of phenols is 1. The van der Waals surface area contributed by atoms with Gasteiger partial charge in [0.2, 0.25) is 5.91 Å². The minimum atomic E-state index is -0.816. The number of amides is 1. The predicted molar refractivity (Wildman–Crippen MR) is 77.3 cm³/mol. The van der Waals surface area contributed by atoms with Crippen molar-refractivity contribution in [3.8, 4) is 5.75 Å². The van der Waals surface area contributed by atoms with E-state index in [0.29, 0.717) is 12.8 Å². The highest BCUT2D eigenvalue weighted by Crippen LogP contribution is 2.33. The molecular formula is C16H23NO3. The number of benzene rings is 1. The van der Waals surface area contributed by atoms with Gasteiger partial charge < -0.3 is 15.1 Å². The van der Waals surface area contributed by atoms with Gasteiger partial charge in [-0.3, -0.25) is 4.79 Å². The van der Waals surface area contributed by atoms with E-state index in [1.807, 2.05) is 13.0 Å². The molecule has 4 nitrogen and oxygen atoms in total. The highest BCUT2D eigenvalue weighted by atomic mass is 16.3. The van der Waals surface area contributed by atoms with Crippen LogP contribution in [-0.2, 0) is 4.79 Å². The van der Waals surface area contributed by atoms with Crippen LogP contribution in [0.5, 0.6) is 5.75 Å². The molecule has 110 valence electrons. The predicted octanol–water partition coefficient (Wildman–Crippen LogP) is 2.61. The summed E-state index contributed by atoms with van der Waals surface area (Å²) in [5.41, 5.74) is 0.0726. The van der Waals surface area contributed by atoms with Crippen LogP contribution in [0, 0.1) is 0 Å². The zero-order valence-electron chi connectivity index (χ0n) is 12.2. The molecule has 4 heteroatoms. The molecule has 1 fully saturated rings. The van der Waals surface area contributed by atoms with Crippen LogP contribution in [0.1, 0.15) is 50.6 Å². The molecule has 0 bridgehead atoms. The van der Waals surface area contributed by atoms with Crippen molar-refractivity contribution in [2.75, 3.05) is 7.05 Å². The molecule has 0 heterocycles. The topological polar surface area (TPSA) is 60.8 Å². The highest BCUT2D eigenvalue weighted by molar-refractivity contribution is 5.77. The van der Waals surface area contributed by atoms with Crippen molar-refractivity contribution in [1.82, 2.24) is 4.90 Å². The Kier molecular flexibility index (Phi) is 4.33. The molecule has 0 aromatic heterocycles. The average Bonchev–Trinajstić information content (AvgIpc) is 2.83. The van der Waals surface area contributed by atoms with Gasteiger partial charge in [-0.25, -0.2) is 0 Å². The molecule has 2 rings (SSSR count). The summed E-state index contributed by atoms with van der Waals surface area (Å²) in [6, 6.07) is 6.81. The van der Waals surface area contributed by atoms with Gasteiger partial charge in [0, 0.05) is 7.05 Å². The standard InChI is InChI=1S/C16H23NO3/c1-12(13-6-5-7-14(18)10-13)17(2)15(19)11-16(20)8-3-4-9-16/h5-7,10,12,18,20H,3-4,8-9,11H2,1-2H3. The van der Waals surface area contributed by atoms with Gasteiger partial charge in [0.05, 0.1) is 18.1 Å². The van der Waals surface area contributed by atoms with Crippen molar-refractivity contribution >= 4 is 5.91 Å². The molecule has 1 aromatic rings. The molecule has 0 radical (unpaired) electrons. The molecule has 1 aliphatic rings. The third kappa shape index (κ3) is 3.31. The Morgan fingerprint density at radius 2 is 2.05 bits per heavy atom. The summed E-state index contributed by atoms with van der Waals surface area (Å²) in [6.07, 6.45) is 3.61. The molecule has 1 saturated carbocycles. The fourth-order valence-electron chi connectivity index (χ4n) is 2.84. The molecule has 20 heavy (non-hydrogen) atoms. The Balaban J connectivity index is 2.02. The van der Waals surface area contributed by atoms with E-state index in [1.54, 1.807) is 30.1 Å². The summed E-state index contributed by atoms with van der Waals surface area (Å²) in [4.78, 5) is 14.0. The Morgan fingerprint density at radius 3 is 2.65 bits per heavy atom. The summed E-state index contributed by atoms with van der Waals surface area (Å²) < 4.78 is 0. The van der Waals surface area contributed by atoms with Crippen molar-refractivity contribution in [2.45, 2.75) is 50.7 Å². The van der Waals surface area contributed by atoms with Gasteiger partial charge in [0.1, 0.15) is 5.75 Å². The second-order valence-electron chi connectivity index (χ2n) is 5.88. The van der Waals surface area contributed by atoms with Crippen LogP contribution in [0.3, 0.4) is 0 Å². The van der Waals surface area contributed by atoms with Crippen molar-refractivity contribution < 1.29 is 15.0 Å². The van der Waals surface area contributed by atoms with Crippen LogP contribution in [0.4, 0.5) is 0 Å². The first-order valence-electron chi connectivity index (χ1n) is 7.18. The molecule has 2 N–H and O–H groups in total. The molecule has 0 aliphatic heterocycles. The number of rotatable bonds is 4. The minimum absolute atomic E-state index is 0.0507. The molecule has 1 atom stereocenters. The second-order valence-corrected chi connectivity index (χ2v) is 5.88. The Bertz CT molecular complexity index is 480. The number of aliphatic hydroxyl groups is 1. The molecule has 0 spiro atoms. The SMILES string of the molecule is CC(c1cccc(O)c1)N(C)C(=O)CC1(O)CCCC1. The summed E-state index contributed by atoms with van der Waals surface area (Å²) in [5, 5.41) is 19.8. The van der Waals surface area contributed by atoms with E-state index in [1.165, 1.54) is 0 Å². The van der Waals surface area contributed by atoms with Crippen LogP contribution >= 0.6 is 0 Å². The number of hydrogen-bond acceptors (Lipinski definition) is 3. The van der Waals surface area contributed by atoms with E-state index in [0.717, 1.165) is 18.4 Å². The van der Waals surface area contributed by atoms with Gasteiger partial charge >= 0.3 is 0 Å². The fraction of sp³-hybridized carbons (Fsp3) is 0.562. The zero-order chi connectivity index (χ0) is 14.8. The van der Waals surface area contributed by atoms with Gasteiger partial charge in [0.15, 0.2) is 0 Å². The largest absolute Gasteiger partial charge is 0.508 e. The van der Waals surface area contributed by atoms with E-state index in [9.17, 15) is 15.0 Å². The first kappa shape index (κ1) is 14.9. The lowest BCUT2D eigenvalue weighted by Gasteiger charge is -2.29. The Hall–Kier alpha value is -1.55. The maximum atomic E-state index is 12.3. The van der Waals surface area contributed by atoms with Crippen molar-refractivity contribution in [2.24, 2.45) is 0 Å². The average molecular weight is 277 g/mol. The molecule has 1 unspecified atom stereocenters. The number of carbonyl (C=O) groups excluding carboxylic acids is 1. The normalized spacial score (nSPS) is 18.8. The highest BCUT2D eigenvalue weighted by Gasteiger charge is 2.35. The lowest BCUT2D eigenvalue weighted by atomic mass is 9.96. The maximum absolute atomic E-state index is 12.3. The summed E-state index contributed by atoms with van der Waals surface area (Å²) in [7, 11) is 1.75. The molecular weight excluding hydrogens is 254 g/mol. The van der Waals surface area contributed by atoms with Crippen molar-refractivity contribution in [3.63, 3.8) is 0 Å². The van der Waals surface area contributed by atoms with Gasteiger partial charge in [0.25, 0.3) is 0 Å². The van der Waals surface area contributed by atoms with E-state index < -0.39 is 5.60 Å². The fourth-order valence-corrected chi connectivity index (χ4v) is 2.84. The van der Waals surface area contributed by atoms with Crippen LogP contribution in [0.15, 0.2) is 24.3 Å². The smallest absolute Gasteiger partial charge is 0.225 e. The van der Waals surface area contributed by atoms with E-state index in [2.05, 4.69) is 0 Å². The summed E-state index contributed by atoms with van der Waals surface area (Å²) in [5.74, 6) is 0.148. The summed E-state index contributed by atoms with van der Waals surface area (Å²) >= 11 is 0. The first-order valence-corrected chi connectivity index (χ1v) is 7.18. The first-order chi connectivity index (χ1) is 9.41. The van der Waals surface area contributed by atoms with E-state index in [-0.39, 0.29) is 24.1 Å². The number of hydrogen-bond donors (Lipinski definition) is 2. The third-order valence-corrected chi connectivity index (χ3v) is 4.34. The Labute approximate surface area is 120 Å². The maximum Gasteiger partial charge on any atom is 0.225 e. The number of phenolic OH excluding ortho intramolecular Hbond substituents is 1. The zero-order valence-corrected chi connectivity index (χ0v) is 12.2. The van der Waals surface area contributed by atoms with Gasteiger partial charge in [-0.05, 0) is 37.5 Å². The third-order valence-electron chi connectivity index (χ3n) is 4.34. The quantitative estimate of drug-likeness (QED) is 0.889. The molecule has 1 aliphatic carbocycles. The van der Waals surface area contributed by atoms with E-state index >= 15 is 0 Å². The van der Waals surface area contributed by atoms with Gasteiger partial charge in [-0.2, -0.15) is 0 Å². The van der Waals surface area contributed by atoms with Crippen LogP contribution in [0.25, 0.3) is 0 Å². The van der Waals surface area contributed by atoms with Gasteiger partial charge in [-0.15, -0.1) is 0 Å². The van der Waals surface area contributed by atoms with Crippen LogP contribution in [0.2, 0.25) is 0 Å². The number of aromatic hydroxyl groups is 1. The Morgan fingerprint density at radius 1 is 1.40 bits per heavy atom. The number of carbonyl (C=O) groups is 1.